The molecule has 1 aromatic rings. The van der Waals surface area contributed by atoms with Gasteiger partial charge in [-0.1, -0.05) is 51.3 Å². The topological polar surface area (TPSA) is 12.0 Å². The van der Waals surface area contributed by atoms with Crippen LogP contribution in [0.2, 0.25) is 5.02 Å². The summed E-state index contributed by atoms with van der Waals surface area (Å²) in [5.74, 6) is 1.87. The number of hydrogen-bond donors (Lipinski definition) is 1. The Balaban J connectivity index is 2.56. The Bertz CT molecular complexity index is 339. The highest BCUT2D eigenvalue weighted by atomic mass is 35.5. The molecule has 0 aromatic heterocycles. The lowest BCUT2D eigenvalue weighted by molar-refractivity contribution is 0.365. The van der Waals surface area contributed by atoms with E-state index in [2.05, 4.69) is 32.2 Å². The lowest BCUT2D eigenvalue weighted by Crippen LogP contribution is -2.37. The van der Waals surface area contributed by atoms with Crippen LogP contribution >= 0.6 is 23.4 Å². The summed E-state index contributed by atoms with van der Waals surface area (Å²) in [6, 6.07) is 8.71. The van der Waals surface area contributed by atoms with Crippen molar-refractivity contribution in [1.29, 1.82) is 0 Å². The summed E-state index contributed by atoms with van der Waals surface area (Å²) in [6.45, 7) is 7.78. The summed E-state index contributed by atoms with van der Waals surface area (Å²) < 4.78 is 0. The summed E-state index contributed by atoms with van der Waals surface area (Å²) >= 11 is 7.90. The van der Waals surface area contributed by atoms with Crippen LogP contribution in [-0.2, 0) is 0 Å². The minimum absolute atomic E-state index is 0.592. The quantitative estimate of drug-likeness (QED) is 0.686. The molecule has 1 atom stereocenters. The molecule has 1 aromatic carbocycles. The minimum Gasteiger partial charge on any atom is -0.313 e. The van der Waals surface area contributed by atoms with Gasteiger partial charge in [-0.2, -0.15) is 0 Å². The first-order chi connectivity index (χ1) is 8.71. The SMILES string of the molecule is CCNC(CSc1cccc(Cl)c1)C(CC)CC. The molecule has 1 rings (SSSR count). The van der Waals surface area contributed by atoms with Gasteiger partial charge in [0, 0.05) is 21.7 Å². The number of benzene rings is 1. The van der Waals surface area contributed by atoms with Crippen LogP contribution < -0.4 is 5.32 Å². The molecule has 0 heterocycles. The van der Waals surface area contributed by atoms with Crippen molar-refractivity contribution in [2.45, 2.75) is 44.6 Å². The highest BCUT2D eigenvalue weighted by Gasteiger charge is 2.17. The van der Waals surface area contributed by atoms with E-state index in [1.165, 1.54) is 17.7 Å². The van der Waals surface area contributed by atoms with Crippen molar-refractivity contribution >= 4 is 23.4 Å². The third-order valence-corrected chi connectivity index (χ3v) is 4.66. The van der Waals surface area contributed by atoms with Gasteiger partial charge in [0.15, 0.2) is 0 Å². The van der Waals surface area contributed by atoms with Gasteiger partial charge in [0.2, 0.25) is 0 Å². The Kier molecular flexibility index (Phi) is 7.80. The van der Waals surface area contributed by atoms with Crippen LogP contribution in [0, 0.1) is 5.92 Å². The molecule has 1 N–H and O–H groups in total. The fourth-order valence-corrected chi connectivity index (χ4v) is 3.63. The molecule has 1 unspecified atom stereocenters. The Morgan fingerprint density at radius 1 is 1.22 bits per heavy atom. The van der Waals surface area contributed by atoms with E-state index in [1.807, 2.05) is 30.0 Å². The molecule has 0 bridgehead atoms. The summed E-state index contributed by atoms with van der Waals surface area (Å²) in [5, 5.41) is 4.44. The number of rotatable bonds is 8. The van der Waals surface area contributed by atoms with Crippen LogP contribution in [0.3, 0.4) is 0 Å². The minimum atomic E-state index is 0.592. The van der Waals surface area contributed by atoms with E-state index < -0.39 is 0 Å². The van der Waals surface area contributed by atoms with E-state index >= 15 is 0 Å². The molecule has 0 aliphatic carbocycles. The van der Waals surface area contributed by atoms with Gasteiger partial charge >= 0.3 is 0 Å². The summed E-state index contributed by atoms with van der Waals surface area (Å²) in [7, 11) is 0. The average molecular weight is 286 g/mol. The van der Waals surface area contributed by atoms with E-state index in [1.54, 1.807) is 0 Å². The zero-order valence-electron chi connectivity index (χ0n) is 11.6. The normalized spacial score (nSPS) is 12.9. The first-order valence-corrected chi connectivity index (χ1v) is 8.19. The molecular weight excluding hydrogens is 262 g/mol. The molecule has 0 spiro atoms. The second kappa shape index (κ2) is 8.84. The van der Waals surface area contributed by atoms with E-state index in [9.17, 15) is 0 Å². The number of halogens is 1. The van der Waals surface area contributed by atoms with Crippen LogP contribution in [0.4, 0.5) is 0 Å². The lowest BCUT2D eigenvalue weighted by Gasteiger charge is -2.25. The van der Waals surface area contributed by atoms with E-state index in [0.717, 1.165) is 23.2 Å². The number of thioether (sulfide) groups is 1. The van der Waals surface area contributed by atoms with Crippen molar-refractivity contribution in [2.24, 2.45) is 5.92 Å². The van der Waals surface area contributed by atoms with Gasteiger partial charge in [-0.3, -0.25) is 0 Å². The molecule has 0 saturated carbocycles. The average Bonchev–Trinajstić information content (AvgIpc) is 2.37. The van der Waals surface area contributed by atoms with Crippen molar-refractivity contribution in [2.75, 3.05) is 12.3 Å². The maximum Gasteiger partial charge on any atom is 0.0417 e. The van der Waals surface area contributed by atoms with Crippen molar-refractivity contribution < 1.29 is 0 Å². The molecule has 0 fully saturated rings. The van der Waals surface area contributed by atoms with Gasteiger partial charge in [-0.15, -0.1) is 11.8 Å². The van der Waals surface area contributed by atoms with Gasteiger partial charge in [-0.25, -0.2) is 0 Å². The first kappa shape index (κ1) is 15.9. The largest absolute Gasteiger partial charge is 0.313 e. The zero-order chi connectivity index (χ0) is 13.4. The second-order valence-corrected chi connectivity index (χ2v) is 6.04. The summed E-state index contributed by atoms with van der Waals surface area (Å²) in [5.41, 5.74) is 0. The van der Waals surface area contributed by atoms with E-state index in [4.69, 9.17) is 11.6 Å². The maximum absolute atomic E-state index is 6.01. The molecule has 0 saturated heterocycles. The highest BCUT2D eigenvalue weighted by Crippen LogP contribution is 2.25. The monoisotopic (exact) mass is 285 g/mol. The van der Waals surface area contributed by atoms with E-state index in [-0.39, 0.29) is 0 Å². The fraction of sp³-hybridized carbons (Fsp3) is 0.600. The molecule has 18 heavy (non-hydrogen) atoms. The Morgan fingerprint density at radius 2 is 1.94 bits per heavy atom. The van der Waals surface area contributed by atoms with Crippen molar-refractivity contribution in [3.63, 3.8) is 0 Å². The summed E-state index contributed by atoms with van der Waals surface area (Å²) in [6.07, 6.45) is 2.48. The Morgan fingerprint density at radius 3 is 2.50 bits per heavy atom. The molecule has 1 nitrogen and oxygen atoms in total. The van der Waals surface area contributed by atoms with Gasteiger partial charge < -0.3 is 5.32 Å². The molecule has 102 valence electrons. The van der Waals surface area contributed by atoms with E-state index in [0.29, 0.717) is 6.04 Å². The molecule has 0 aliphatic rings. The molecule has 0 aliphatic heterocycles. The van der Waals surface area contributed by atoms with Gasteiger partial charge in [0.25, 0.3) is 0 Å². The van der Waals surface area contributed by atoms with Gasteiger partial charge in [0.1, 0.15) is 0 Å². The summed E-state index contributed by atoms with van der Waals surface area (Å²) in [4.78, 5) is 1.26. The van der Waals surface area contributed by atoms with Crippen molar-refractivity contribution in [3.8, 4) is 0 Å². The fourth-order valence-electron chi connectivity index (χ4n) is 2.22. The third kappa shape index (κ3) is 5.21. The van der Waals surface area contributed by atoms with Crippen LogP contribution in [0.25, 0.3) is 0 Å². The smallest absolute Gasteiger partial charge is 0.0417 e. The molecule has 3 heteroatoms. The predicted molar refractivity (Wildman–Crippen MR) is 83.7 cm³/mol. The maximum atomic E-state index is 6.01. The number of hydrogen-bond acceptors (Lipinski definition) is 2. The standard InChI is InChI=1S/C15H24ClNS/c1-4-12(5-2)15(17-6-3)11-18-14-9-7-8-13(16)10-14/h7-10,12,15,17H,4-6,11H2,1-3H3. The van der Waals surface area contributed by atoms with Gasteiger partial charge in [0.05, 0.1) is 0 Å². The van der Waals surface area contributed by atoms with Crippen LogP contribution in [0.15, 0.2) is 29.2 Å². The number of nitrogens with one attached hydrogen (secondary N) is 1. The molecular formula is C15H24ClNS. The Labute approximate surface area is 121 Å². The van der Waals surface area contributed by atoms with Crippen molar-refractivity contribution in [3.05, 3.63) is 29.3 Å². The highest BCUT2D eigenvalue weighted by molar-refractivity contribution is 7.99. The lowest BCUT2D eigenvalue weighted by atomic mass is 9.95. The van der Waals surface area contributed by atoms with Crippen LogP contribution in [-0.4, -0.2) is 18.3 Å². The predicted octanol–water partition coefficient (Wildman–Crippen LogP) is 4.85. The zero-order valence-corrected chi connectivity index (χ0v) is 13.2. The third-order valence-electron chi connectivity index (χ3n) is 3.31. The first-order valence-electron chi connectivity index (χ1n) is 6.82. The van der Waals surface area contributed by atoms with Crippen LogP contribution in [0.1, 0.15) is 33.6 Å². The van der Waals surface area contributed by atoms with Crippen molar-refractivity contribution in [1.82, 2.24) is 5.32 Å². The molecule has 0 radical (unpaired) electrons. The van der Waals surface area contributed by atoms with Gasteiger partial charge in [-0.05, 0) is 30.7 Å². The van der Waals surface area contributed by atoms with Crippen LogP contribution in [0.5, 0.6) is 0 Å². The second-order valence-electron chi connectivity index (χ2n) is 4.51. The Hall–Kier alpha value is -0.180. The molecule has 0 amide bonds.